The van der Waals surface area contributed by atoms with E-state index in [4.69, 9.17) is 9.84 Å². The Morgan fingerprint density at radius 2 is 2.00 bits per heavy atom. The number of halogens is 2. The van der Waals surface area contributed by atoms with E-state index in [0.717, 1.165) is 32.5 Å². The molecule has 3 aromatic rings. The van der Waals surface area contributed by atoms with E-state index in [0.29, 0.717) is 36.8 Å². The highest BCUT2D eigenvalue weighted by Gasteiger charge is 2.34. The van der Waals surface area contributed by atoms with E-state index in [2.05, 4.69) is 16.0 Å². The summed E-state index contributed by atoms with van der Waals surface area (Å²) in [6.45, 7) is 3.72. The molecule has 180 valence electrons. The predicted molar refractivity (Wildman–Crippen MR) is 127 cm³/mol. The van der Waals surface area contributed by atoms with E-state index < -0.39 is 17.6 Å². The predicted octanol–water partition coefficient (Wildman–Crippen LogP) is 4.61. The van der Waals surface area contributed by atoms with Gasteiger partial charge in [0.05, 0.1) is 11.5 Å². The highest BCUT2D eigenvalue weighted by atomic mass is 32.1. The molecular formula is C25H21F2N3O4S. The lowest BCUT2D eigenvalue weighted by Gasteiger charge is -2.36. The number of carboxylic acids is 1. The number of hydrogen-bond acceptors (Lipinski definition) is 6. The molecule has 1 fully saturated rings. The van der Waals surface area contributed by atoms with E-state index in [9.17, 15) is 18.8 Å². The summed E-state index contributed by atoms with van der Waals surface area (Å²) in [4.78, 5) is 19.4. The van der Waals surface area contributed by atoms with E-state index in [1.54, 1.807) is 24.3 Å². The number of aryl methyl sites for hydroxylation is 1. The number of likely N-dealkylation sites (tertiary alicyclic amines) is 1. The molecule has 0 unspecified atom stereocenters. The number of thiophene rings is 1. The highest BCUT2D eigenvalue weighted by molar-refractivity contribution is 7.14. The number of rotatable bonds is 8. The first-order chi connectivity index (χ1) is 16.8. The molecule has 0 bridgehead atoms. The topological polar surface area (TPSA) is 88.2 Å². The molecule has 1 saturated heterocycles. The number of hydroxylamine groups is 1. The first kappa shape index (κ1) is 23.1. The number of carboxylic acid groups (broad SMARTS) is 1. The normalized spacial score (nSPS) is 16.0. The van der Waals surface area contributed by atoms with Crippen molar-refractivity contribution in [2.75, 3.05) is 13.1 Å². The number of aliphatic imine (C=N–C) groups is 1. The van der Waals surface area contributed by atoms with Crippen molar-refractivity contribution >= 4 is 29.0 Å². The van der Waals surface area contributed by atoms with Crippen LogP contribution in [0, 0.1) is 22.8 Å². The Kier molecular flexibility index (Phi) is 6.08. The standard InChI is InChI=1S/C25H21F2N3O4S/c1-2-14-10-18(13-29-11-16(12-29)25(31)32)35-22(14)24-28-23(30(24)33)15-6-8-17(9-7-15)34-20-5-3-4-19(26)21(20)27/h3-10,16H,2,11-13H2,1H3,(H,31,32). The Labute approximate surface area is 203 Å². The number of carbonyl (C=O) groups is 1. The van der Waals surface area contributed by atoms with Crippen LogP contribution in [0.15, 0.2) is 53.5 Å². The average Bonchev–Trinajstić information content (AvgIpc) is 3.21. The van der Waals surface area contributed by atoms with Gasteiger partial charge >= 0.3 is 5.97 Å². The summed E-state index contributed by atoms with van der Waals surface area (Å²) < 4.78 is 33.4. The van der Waals surface area contributed by atoms with Gasteiger partial charge in [0.2, 0.25) is 5.82 Å². The fourth-order valence-electron chi connectivity index (χ4n) is 4.02. The van der Waals surface area contributed by atoms with Gasteiger partial charge in [0.1, 0.15) is 10.6 Å². The summed E-state index contributed by atoms with van der Waals surface area (Å²) in [6.07, 6.45) is 0.744. The molecule has 10 heteroatoms. The van der Waals surface area contributed by atoms with E-state index in [1.807, 2.05) is 6.92 Å². The summed E-state index contributed by atoms with van der Waals surface area (Å²) in [7, 11) is 0. The van der Waals surface area contributed by atoms with Crippen LogP contribution < -0.4 is 4.74 Å². The second-order valence-corrected chi connectivity index (χ2v) is 9.52. The minimum absolute atomic E-state index is 0.225. The molecule has 0 amide bonds. The van der Waals surface area contributed by atoms with Crippen molar-refractivity contribution in [3.05, 3.63) is 86.3 Å². The van der Waals surface area contributed by atoms with E-state index >= 15 is 0 Å². The molecule has 2 aliphatic rings. The van der Waals surface area contributed by atoms with Crippen LogP contribution in [-0.4, -0.2) is 45.5 Å². The molecule has 2 aliphatic heterocycles. The lowest BCUT2D eigenvalue weighted by molar-refractivity contribution is -0.337. The van der Waals surface area contributed by atoms with Gasteiger partial charge in [0, 0.05) is 24.5 Å². The van der Waals surface area contributed by atoms with Gasteiger partial charge in [-0.25, -0.2) is 9.13 Å². The molecule has 0 spiro atoms. The average molecular weight is 498 g/mol. The van der Waals surface area contributed by atoms with Gasteiger partial charge in [-0.1, -0.05) is 18.0 Å². The molecule has 1 N–H and O–H groups in total. The summed E-state index contributed by atoms with van der Waals surface area (Å²) >= 11 is 1.50. The van der Waals surface area contributed by atoms with Crippen molar-refractivity contribution in [1.29, 1.82) is 0 Å². The van der Waals surface area contributed by atoms with Gasteiger partial charge in [-0.15, -0.1) is 11.3 Å². The fourth-order valence-corrected chi connectivity index (χ4v) is 5.29. The lowest BCUT2D eigenvalue weighted by atomic mass is 10.0. The van der Waals surface area contributed by atoms with Crippen LogP contribution in [0.3, 0.4) is 0 Å². The molecule has 0 aliphatic carbocycles. The number of benzene rings is 2. The third-order valence-electron chi connectivity index (χ3n) is 5.98. The maximum Gasteiger partial charge on any atom is 0.309 e. The smallest absolute Gasteiger partial charge is 0.309 e. The second-order valence-electron chi connectivity index (χ2n) is 8.38. The highest BCUT2D eigenvalue weighted by Crippen LogP contribution is 2.31. The quantitative estimate of drug-likeness (QED) is 0.363. The van der Waals surface area contributed by atoms with Crippen LogP contribution >= 0.6 is 11.3 Å². The van der Waals surface area contributed by atoms with Crippen LogP contribution in [0.2, 0.25) is 0 Å². The van der Waals surface area contributed by atoms with Crippen LogP contribution in [0.25, 0.3) is 0 Å². The van der Waals surface area contributed by atoms with Crippen LogP contribution in [0.4, 0.5) is 8.78 Å². The summed E-state index contributed by atoms with van der Waals surface area (Å²) in [5.74, 6) is -2.46. The van der Waals surface area contributed by atoms with Crippen molar-refractivity contribution in [2.24, 2.45) is 10.9 Å². The van der Waals surface area contributed by atoms with E-state index in [-0.39, 0.29) is 17.5 Å². The Morgan fingerprint density at radius 1 is 1.26 bits per heavy atom. The van der Waals surface area contributed by atoms with Crippen molar-refractivity contribution < 1.29 is 28.2 Å². The van der Waals surface area contributed by atoms with Crippen molar-refractivity contribution in [3.63, 3.8) is 0 Å². The number of ether oxygens (including phenoxy) is 1. The van der Waals surface area contributed by atoms with Crippen molar-refractivity contribution in [1.82, 2.24) is 4.90 Å². The number of hydrogen-bond donors (Lipinski definition) is 1. The Morgan fingerprint density at radius 3 is 2.66 bits per heavy atom. The molecule has 35 heavy (non-hydrogen) atoms. The van der Waals surface area contributed by atoms with Gasteiger partial charge in [-0.3, -0.25) is 9.69 Å². The summed E-state index contributed by atoms with van der Waals surface area (Å²) in [5.41, 5.74) is 1.60. The molecule has 0 atom stereocenters. The van der Waals surface area contributed by atoms with Gasteiger partial charge in [-0.2, -0.15) is 4.39 Å². The Balaban J connectivity index is 1.27. The van der Waals surface area contributed by atoms with Gasteiger partial charge in [0.15, 0.2) is 11.6 Å². The Hall–Kier alpha value is -3.63. The maximum absolute atomic E-state index is 13.8. The minimum Gasteiger partial charge on any atom is -0.740 e. The number of aliphatic carboxylic acids is 1. The van der Waals surface area contributed by atoms with Gasteiger partial charge in [0.25, 0.3) is 11.7 Å². The summed E-state index contributed by atoms with van der Waals surface area (Å²) in [6, 6.07) is 12.1. The zero-order chi connectivity index (χ0) is 24.7. The SMILES string of the molecule is CCc1cc(CN2CC(C(=O)O)C2)sc1C1=NC(c2ccc(Oc3cccc(F)c3F)cc2)=[N+]1[O-]. The first-order valence-corrected chi connectivity index (χ1v) is 11.9. The van der Waals surface area contributed by atoms with Crippen molar-refractivity contribution in [3.8, 4) is 11.5 Å². The molecule has 7 nitrogen and oxygen atoms in total. The van der Waals surface area contributed by atoms with Crippen LogP contribution in [0.5, 0.6) is 11.5 Å². The zero-order valence-corrected chi connectivity index (χ0v) is 19.5. The van der Waals surface area contributed by atoms with Crippen LogP contribution in [0.1, 0.15) is 27.8 Å². The van der Waals surface area contributed by atoms with Gasteiger partial charge < -0.3 is 15.1 Å². The third kappa shape index (κ3) is 4.42. The third-order valence-corrected chi connectivity index (χ3v) is 7.14. The minimum atomic E-state index is -1.07. The molecule has 5 rings (SSSR count). The molecule has 1 aromatic heterocycles. The van der Waals surface area contributed by atoms with E-state index in [1.165, 1.54) is 23.5 Å². The molecule has 0 saturated carbocycles. The second kappa shape index (κ2) is 9.20. The Bertz CT molecular complexity index is 1360. The fraction of sp³-hybridized carbons (Fsp3) is 0.240. The molecular weight excluding hydrogens is 476 g/mol. The maximum atomic E-state index is 13.8. The monoisotopic (exact) mass is 497 g/mol. The van der Waals surface area contributed by atoms with Crippen LogP contribution in [-0.2, 0) is 17.8 Å². The lowest BCUT2D eigenvalue weighted by Crippen LogP contribution is -2.49. The zero-order valence-electron chi connectivity index (χ0n) is 18.7. The molecule has 0 radical (unpaired) electrons. The van der Waals surface area contributed by atoms with Crippen molar-refractivity contribution in [2.45, 2.75) is 19.9 Å². The molecule has 3 heterocycles. The number of amidine groups is 2. The first-order valence-electron chi connectivity index (χ1n) is 11.1. The van der Waals surface area contributed by atoms with Gasteiger partial charge in [-0.05, 0) is 54.4 Å². The largest absolute Gasteiger partial charge is 0.740 e. The summed E-state index contributed by atoms with van der Waals surface area (Å²) in [5, 5.41) is 21.9. The molecule has 2 aromatic carbocycles. The number of nitrogens with zero attached hydrogens (tertiary/aromatic N) is 3.